The highest BCUT2D eigenvalue weighted by atomic mass is 32.1. The van der Waals surface area contributed by atoms with Crippen molar-refractivity contribution in [2.24, 2.45) is 0 Å². The Morgan fingerprint density at radius 1 is 1.04 bits per heavy atom. The number of benzene rings is 1. The fourth-order valence-corrected chi connectivity index (χ4v) is 4.39. The lowest BCUT2D eigenvalue weighted by Gasteiger charge is -2.24. The summed E-state index contributed by atoms with van der Waals surface area (Å²) in [6, 6.07) is 7.74. The van der Waals surface area contributed by atoms with E-state index in [0.29, 0.717) is 12.5 Å². The molecule has 0 radical (unpaired) electrons. The maximum absolute atomic E-state index is 6.06. The van der Waals surface area contributed by atoms with Gasteiger partial charge in [0.25, 0.3) is 0 Å². The lowest BCUT2D eigenvalue weighted by Crippen LogP contribution is -2.21. The standard InChI is InChI=1S/C17H18N4O2S/c1-2-6-11(7-3-1)15-18-19-17-21(15)20-16(24-17)14-10-22-12-8-4-5-9-13(12)23-14/h4-5,8-9,11,14H,1-3,6-7,10H2/t14-/m0/s1. The van der Waals surface area contributed by atoms with Gasteiger partial charge >= 0.3 is 0 Å². The van der Waals surface area contributed by atoms with E-state index in [-0.39, 0.29) is 6.10 Å². The van der Waals surface area contributed by atoms with Gasteiger partial charge in [0.2, 0.25) is 4.96 Å². The maximum Gasteiger partial charge on any atom is 0.234 e. The second-order valence-electron chi connectivity index (χ2n) is 6.39. The van der Waals surface area contributed by atoms with Crippen LogP contribution in [0, 0.1) is 0 Å². The molecule has 0 N–H and O–H groups in total. The van der Waals surface area contributed by atoms with E-state index in [9.17, 15) is 0 Å². The van der Waals surface area contributed by atoms with Crippen LogP contribution in [0.5, 0.6) is 11.5 Å². The summed E-state index contributed by atoms with van der Waals surface area (Å²) in [6.07, 6.45) is 6.05. The van der Waals surface area contributed by atoms with E-state index in [4.69, 9.17) is 14.6 Å². The van der Waals surface area contributed by atoms with Gasteiger partial charge in [0.15, 0.2) is 28.4 Å². The lowest BCUT2D eigenvalue weighted by molar-refractivity contribution is 0.0904. The zero-order valence-corrected chi connectivity index (χ0v) is 14.0. The average molecular weight is 342 g/mol. The topological polar surface area (TPSA) is 61.5 Å². The van der Waals surface area contributed by atoms with Crippen molar-refractivity contribution in [2.45, 2.75) is 44.1 Å². The number of aromatic nitrogens is 4. The van der Waals surface area contributed by atoms with E-state index in [2.05, 4.69) is 10.2 Å². The van der Waals surface area contributed by atoms with Crippen molar-refractivity contribution < 1.29 is 9.47 Å². The van der Waals surface area contributed by atoms with Crippen LogP contribution in [0.1, 0.15) is 55.0 Å². The van der Waals surface area contributed by atoms with Crippen molar-refractivity contribution in [2.75, 3.05) is 6.61 Å². The molecule has 0 saturated heterocycles. The molecule has 1 aromatic carbocycles. The van der Waals surface area contributed by atoms with Crippen LogP contribution in [-0.2, 0) is 0 Å². The monoisotopic (exact) mass is 342 g/mol. The molecule has 3 heterocycles. The van der Waals surface area contributed by atoms with Gasteiger partial charge in [0, 0.05) is 5.92 Å². The van der Waals surface area contributed by atoms with E-state index in [1.807, 2.05) is 28.8 Å². The predicted molar refractivity (Wildman–Crippen MR) is 89.8 cm³/mol. The number of nitrogens with zero attached hydrogens (tertiary/aromatic N) is 4. The highest BCUT2D eigenvalue weighted by Gasteiger charge is 2.28. The van der Waals surface area contributed by atoms with Gasteiger partial charge in [-0.3, -0.25) is 0 Å². The van der Waals surface area contributed by atoms with Crippen molar-refractivity contribution in [3.63, 3.8) is 0 Å². The molecule has 7 heteroatoms. The molecular formula is C17H18N4O2S. The summed E-state index contributed by atoms with van der Waals surface area (Å²) in [7, 11) is 0. The Hall–Kier alpha value is -2.15. The quantitative estimate of drug-likeness (QED) is 0.710. The van der Waals surface area contributed by atoms with Gasteiger partial charge in [-0.1, -0.05) is 42.7 Å². The molecule has 3 aromatic rings. The fraction of sp³-hybridized carbons (Fsp3) is 0.471. The minimum atomic E-state index is -0.189. The first-order chi connectivity index (χ1) is 11.9. The van der Waals surface area contributed by atoms with Crippen LogP contribution in [0.3, 0.4) is 0 Å². The molecule has 1 aliphatic carbocycles. The van der Waals surface area contributed by atoms with E-state index >= 15 is 0 Å². The molecule has 1 aliphatic heterocycles. The Kier molecular flexibility index (Phi) is 3.40. The van der Waals surface area contributed by atoms with Gasteiger partial charge in [-0.2, -0.15) is 9.61 Å². The molecule has 6 nitrogen and oxygen atoms in total. The first-order valence-electron chi connectivity index (χ1n) is 8.49. The first-order valence-corrected chi connectivity index (χ1v) is 9.30. The number of ether oxygens (including phenoxy) is 2. The molecule has 0 spiro atoms. The van der Waals surface area contributed by atoms with E-state index < -0.39 is 0 Å². The zero-order valence-electron chi connectivity index (χ0n) is 13.2. The Bertz CT molecular complexity index is 868. The van der Waals surface area contributed by atoms with Gasteiger partial charge in [0.1, 0.15) is 6.61 Å². The van der Waals surface area contributed by atoms with Crippen LogP contribution in [0.2, 0.25) is 0 Å². The third kappa shape index (κ3) is 2.34. The Labute approximate surface area is 143 Å². The summed E-state index contributed by atoms with van der Waals surface area (Å²) in [6.45, 7) is 0.472. The summed E-state index contributed by atoms with van der Waals surface area (Å²) in [5.74, 6) is 3.05. The maximum atomic E-state index is 6.06. The van der Waals surface area contributed by atoms with Crippen LogP contribution in [0.25, 0.3) is 4.96 Å². The van der Waals surface area contributed by atoms with Crippen molar-refractivity contribution in [3.05, 3.63) is 35.1 Å². The first kappa shape index (κ1) is 14.2. The minimum Gasteiger partial charge on any atom is -0.485 e. The predicted octanol–water partition coefficient (Wildman–Crippen LogP) is 3.75. The molecule has 2 aromatic heterocycles. The molecule has 2 aliphatic rings. The molecular weight excluding hydrogens is 324 g/mol. The number of rotatable bonds is 2. The van der Waals surface area contributed by atoms with Crippen molar-refractivity contribution in [1.82, 2.24) is 19.8 Å². The highest BCUT2D eigenvalue weighted by molar-refractivity contribution is 7.16. The van der Waals surface area contributed by atoms with Crippen LogP contribution in [-0.4, -0.2) is 26.4 Å². The smallest absolute Gasteiger partial charge is 0.234 e. The highest BCUT2D eigenvalue weighted by Crippen LogP contribution is 2.38. The lowest BCUT2D eigenvalue weighted by atomic mass is 9.89. The summed E-state index contributed by atoms with van der Waals surface area (Å²) in [5, 5.41) is 14.4. The molecule has 1 fully saturated rings. The Balaban J connectivity index is 1.45. The van der Waals surface area contributed by atoms with Gasteiger partial charge in [-0.25, -0.2) is 0 Å². The number of fused-ring (bicyclic) bond motifs is 2. The van der Waals surface area contributed by atoms with Gasteiger partial charge in [-0.15, -0.1) is 10.2 Å². The second kappa shape index (κ2) is 5.73. The molecule has 124 valence electrons. The van der Waals surface area contributed by atoms with E-state index in [1.54, 1.807) is 0 Å². The van der Waals surface area contributed by atoms with Gasteiger partial charge < -0.3 is 9.47 Å². The summed E-state index contributed by atoms with van der Waals surface area (Å²) >= 11 is 1.54. The van der Waals surface area contributed by atoms with Crippen LogP contribution in [0.15, 0.2) is 24.3 Å². The Morgan fingerprint density at radius 2 is 1.88 bits per heavy atom. The van der Waals surface area contributed by atoms with Crippen molar-refractivity contribution >= 4 is 16.3 Å². The fourth-order valence-electron chi connectivity index (χ4n) is 3.53. The summed E-state index contributed by atoms with van der Waals surface area (Å²) < 4.78 is 13.8. The molecule has 0 unspecified atom stereocenters. The van der Waals surface area contributed by atoms with Gasteiger partial charge in [-0.05, 0) is 25.0 Å². The second-order valence-corrected chi connectivity index (χ2v) is 7.38. The number of para-hydroxylation sites is 2. The van der Waals surface area contributed by atoms with E-state index in [0.717, 1.165) is 27.3 Å². The molecule has 0 bridgehead atoms. The molecule has 24 heavy (non-hydrogen) atoms. The summed E-state index contributed by atoms with van der Waals surface area (Å²) in [5.41, 5.74) is 0. The van der Waals surface area contributed by atoms with Crippen molar-refractivity contribution in [1.29, 1.82) is 0 Å². The SMILES string of the molecule is c1ccc2c(c1)OC[C@@H](c1nn3c(C4CCCCC4)nnc3s1)O2. The van der Waals surface area contributed by atoms with Crippen LogP contribution >= 0.6 is 11.3 Å². The normalized spacial score (nSPS) is 21.2. The summed E-state index contributed by atoms with van der Waals surface area (Å²) in [4.78, 5) is 0.841. The molecule has 1 saturated carbocycles. The number of hydrogen-bond donors (Lipinski definition) is 0. The molecule has 0 amide bonds. The molecule has 1 atom stereocenters. The van der Waals surface area contributed by atoms with Crippen LogP contribution in [0.4, 0.5) is 0 Å². The minimum absolute atomic E-state index is 0.189. The van der Waals surface area contributed by atoms with E-state index in [1.165, 1.54) is 43.4 Å². The Morgan fingerprint density at radius 3 is 2.75 bits per heavy atom. The van der Waals surface area contributed by atoms with Gasteiger partial charge in [0.05, 0.1) is 0 Å². The average Bonchev–Trinajstić information content (AvgIpc) is 3.23. The zero-order chi connectivity index (χ0) is 15.9. The number of hydrogen-bond acceptors (Lipinski definition) is 6. The largest absolute Gasteiger partial charge is 0.485 e. The third-order valence-electron chi connectivity index (χ3n) is 4.78. The van der Waals surface area contributed by atoms with Crippen LogP contribution < -0.4 is 9.47 Å². The molecule has 5 rings (SSSR count). The van der Waals surface area contributed by atoms with Crippen molar-refractivity contribution in [3.8, 4) is 11.5 Å². The third-order valence-corrected chi connectivity index (χ3v) is 5.78.